The highest BCUT2D eigenvalue weighted by atomic mass is 35.5. The van der Waals surface area contributed by atoms with Crippen molar-refractivity contribution in [2.45, 2.75) is 42.8 Å². The summed E-state index contributed by atoms with van der Waals surface area (Å²) < 4.78 is 7.18. The number of aromatic nitrogens is 4. The topological polar surface area (TPSA) is 117 Å². The van der Waals surface area contributed by atoms with Gasteiger partial charge in [0, 0.05) is 18.5 Å². The quantitative estimate of drug-likeness (QED) is 0.509. The molecule has 0 bridgehead atoms. The third kappa shape index (κ3) is 2.74. The first kappa shape index (κ1) is 19.4. The minimum Gasteiger partial charge on any atom is -0.394 e. The maximum Gasteiger partial charge on any atom is 0.226 e. The number of imidazole rings is 1. The van der Waals surface area contributed by atoms with Gasteiger partial charge in [-0.3, -0.25) is 4.57 Å². The number of benzene rings is 1. The molecule has 9 nitrogen and oxygen atoms in total. The van der Waals surface area contributed by atoms with Crippen molar-refractivity contribution in [3.8, 4) is 0 Å². The van der Waals surface area contributed by atoms with Crippen LogP contribution in [0.25, 0.3) is 11.2 Å². The van der Waals surface area contributed by atoms with Gasteiger partial charge in [-0.15, -0.1) is 0 Å². The number of hydrogen-bond donors (Lipinski definition) is 3. The zero-order valence-electron chi connectivity index (χ0n) is 16.6. The number of fused-ring (bicyclic) bond motifs is 3. The van der Waals surface area contributed by atoms with Gasteiger partial charge in [0.1, 0.15) is 18.3 Å². The molecule has 3 aromatic rings. The van der Waals surface area contributed by atoms with Crippen LogP contribution in [-0.2, 0) is 16.6 Å². The molecule has 6 rings (SSSR count). The first-order chi connectivity index (χ1) is 15.0. The Bertz CT molecular complexity index is 1160. The molecule has 4 atom stereocenters. The van der Waals surface area contributed by atoms with Crippen LogP contribution >= 0.6 is 11.6 Å². The van der Waals surface area contributed by atoms with Crippen LogP contribution in [0.3, 0.4) is 0 Å². The fourth-order valence-electron chi connectivity index (χ4n) is 5.32. The zero-order chi connectivity index (χ0) is 21.3. The van der Waals surface area contributed by atoms with E-state index in [0.717, 1.165) is 25.9 Å². The van der Waals surface area contributed by atoms with E-state index in [0.29, 0.717) is 17.0 Å². The highest BCUT2D eigenvalue weighted by Gasteiger charge is 2.49. The summed E-state index contributed by atoms with van der Waals surface area (Å²) in [5.74, 6) is 0.649. The van der Waals surface area contributed by atoms with E-state index in [2.05, 4.69) is 44.1 Å². The van der Waals surface area contributed by atoms with Crippen molar-refractivity contribution >= 4 is 28.6 Å². The standard InChI is InChI=1S/C21H22ClN5O4/c22-20-24-17(26-8-21(9-26)6-5-11-3-1-2-4-12(11)21)14-18(25-20)27(10-23-14)19-16(30)15(29)13(7-28)31-19/h1-4,10,13,15-16,19,28-30H,5-9H2/t13-,15?,16+,19-/m1/s1. The summed E-state index contributed by atoms with van der Waals surface area (Å²) in [6, 6.07) is 8.61. The molecule has 3 aliphatic rings. The van der Waals surface area contributed by atoms with E-state index in [1.807, 2.05) is 0 Å². The lowest BCUT2D eigenvalue weighted by molar-refractivity contribution is -0.0511. The minimum absolute atomic E-state index is 0.0729. The van der Waals surface area contributed by atoms with Gasteiger partial charge in [0.2, 0.25) is 5.28 Å². The van der Waals surface area contributed by atoms with Crippen molar-refractivity contribution in [1.29, 1.82) is 0 Å². The summed E-state index contributed by atoms with van der Waals surface area (Å²) in [5, 5.41) is 30.0. The first-order valence-corrected chi connectivity index (χ1v) is 10.7. The Labute approximate surface area is 182 Å². The molecule has 1 unspecified atom stereocenters. The highest BCUT2D eigenvalue weighted by molar-refractivity contribution is 6.28. The van der Waals surface area contributed by atoms with Gasteiger partial charge in [0.25, 0.3) is 0 Å². The van der Waals surface area contributed by atoms with Crippen LogP contribution in [0.2, 0.25) is 5.28 Å². The second kappa shape index (κ2) is 6.85. The molecule has 10 heteroatoms. The van der Waals surface area contributed by atoms with E-state index in [1.165, 1.54) is 22.0 Å². The molecule has 2 aliphatic heterocycles. The Morgan fingerprint density at radius 2 is 1.97 bits per heavy atom. The largest absolute Gasteiger partial charge is 0.394 e. The molecular weight excluding hydrogens is 422 g/mol. The molecule has 2 aromatic heterocycles. The average Bonchev–Trinajstić information content (AvgIpc) is 3.41. The van der Waals surface area contributed by atoms with Gasteiger partial charge in [-0.05, 0) is 35.6 Å². The van der Waals surface area contributed by atoms with Crippen molar-refractivity contribution in [1.82, 2.24) is 19.5 Å². The minimum atomic E-state index is -1.23. The van der Waals surface area contributed by atoms with Gasteiger partial charge >= 0.3 is 0 Å². The maximum atomic E-state index is 10.4. The van der Waals surface area contributed by atoms with E-state index in [4.69, 9.17) is 16.3 Å². The fourth-order valence-corrected chi connectivity index (χ4v) is 5.48. The number of aliphatic hydroxyl groups is 3. The molecular formula is C21H22ClN5O4. The summed E-state index contributed by atoms with van der Waals surface area (Å²) in [4.78, 5) is 15.4. The van der Waals surface area contributed by atoms with Crippen LogP contribution < -0.4 is 4.90 Å². The summed E-state index contributed by atoms with van der Waals surface area (Å²) >= 11 is 6.26. The predicted molar refractivity (Wildman–Crippen MR) is 112 cm³/mol. The summed E-state index contributed by atoms with van der Waals surface area (Å²) in [5.41, 5.74) is 3.94. The molecule has 1 aliphatic carbocycles. The molecule has 162 valence electrons. The summed E-state index contributed by atoms with van der Waals surface area (Å²) in [6.45, 7) is 1.25. The highest BCUT2D eigenvalue weighted by Crippen LogP contribution is 2.47. The SMILES string of the molecule is OC[C@H]1O[C@@H](n2cnc3c(N4CC5(CCc6ccccc65)C4)nc(Cl)nc32)[C@@H](O)C1O. The van der Waals surface area contributed by atoms with Gasteiger partial charge in [-0.1, -0.05) is 24.3 Å². The molecule has 4 heterocycles. The Balaban J connectivity index is 1.34. The van der Waals surface area contributed by atoms with Crippen LogP contribution in [0.15, 0.2) is 30.6 Å². The van der Waals surface area contributed by atoms with Crippen LogP contribution in [0.5, 0.6) is 0 Å². The number of hydrogen-bond acceptors (Lipinski definition) is 8. The number of aliphatic hydroxyl groups excluding tert-OH is 3. The van der Waals surface area contributed by atoms with E-state index in [1.54, 1.807) is 0 Å². The fraction of sp³-hybridized carbons (Fsp3) is 0.476. The Hall–Kier alpha value is -2.30. The lowest BCUT2D eigenvalue weighted by Crippen LogP contribution is -2.58. The van der Waals surface area contributed by atoms with Crippen molar-refractivity contribution in [2.24, 2.45) is 0 Å². The second-order valence-electron chi connectivity index (χ2n) is 8.66. The molecule has 31 heavy (non-hydrogen) atoms. The second-order valence-corrected chi connectivity index (χ2v) is 9.00. The molecule has 0 amide bonds. The van der Waals surface area contributed by atoms with Crippen LogP contribution in [-0.4, -0.2) is 72.8 Å². The van der Waals surface area contributed by atoms with E-state index in [-0.39, 0.29) is 10.7 Å². The van der Waals surface area contributed by atoms with E-state index >= 15 is 0 Å². The molecule has 1 spiro atoms. The van der Waals surface area contributed by atoms with Gasteiger partial charge in [-0.2, -0.15) is 9.97 Å². The molecule has 1 aromatic carbocycles. The van der Waals surface area contributed by atoms with Crippen molar-refractivity contribution < 1.29 is 20.1 Å². The predicted octanol–water partition coefficient (Wildman–Crippen LogP) is 0.795. The maximum absolute atomic E-state index is 10.4. The van der Waals surface area contributed by atoms with Crippen LogP contribution in [0, 0.1) is 0 Å². The van der Waals surface area contributed by atoms with Gasteiger partial charge in [0.05, 0.1) is 12.9 Å². The number of halogens is 1. The van der Waals surface area contributed by atoms with E-state index in [9.17, 15) is 15.3 Å². The number of anilines is 1. The Morgan fingerprint density at radius 1 is 1.16 bits per heavy atom. The Morgan fingerprint density at radius 3 is 2.74 bits per heavy atom. The van der Waals surface area contributed by atoms with Gasteiger partial charge in [-0.25, -0.2) is 4.98 Å². The first-order valence-electron chi connectivity index (χ1n) is 10.4. The van der Waals surface area contributed by atoms with Crippen molar-refractivity contribution in [2.75, 3.05) is 24.6 Å². The summed E-state index contributed by atoms with van der Waals surface area (Å²) in [6.07, 6.45) is -0.547. The Kier molecular flexibility index (Phi) is 4.28. The smallest absolute Gasteiger partial charge is 0.226 e. The molecule has 0 saturated carbocycles. The lowest BCUT2D eigenvalue weighted by atomic mass is 9.75. The molecule has 3 N–H and O–H groups in total. The molecule has 2 fully saturated rings. The zero-order valence-corrected chi connectivity index (χ0v) is 17.4. The number of nitrogens with zero attached hydrogens (tertiary/aromatic N) is 5. The summed E-state index contributed by atoms with van der Waals surface area (Å²) in [7, 11) is 0. The number of aryl methyl sites for hydroxylation is 1. The van der Waals surface area contributed by atoms with Gasteiger partial charge < -0.3 is 25.0 Å². The van der Waals surface area contributed by atoms with Crippen LogP contribution in [0.4, 0.5) is 5.82 Å². The van der Waals surface area contributed by atoms with Crippen molar-refractivity contribution in [3.05, 3.63) is 47.0 Å². The normalized spacial score (nSPS) is 29.0. The average molecular weight is 444 g/mol. The molecule has 0 radical (unpaired) electrons. The third-order valence-electron chi connectivity index (χ3n) is 6.92. The third-order valence-corrected chi connectivity index (χ3v) is 7.08. The van der Waals surface area contributed by atoms with Crippen LogP contribution in [0.1, 0.15) is 23.8 Å². The van der Waals surface area contributed by atoms with E-state index < -0.39 is 31.1 Å². The number of rotatable bonds is 3. The number of ether oxygens (including phenoxy) is 1. The molecule has 2 saturated heterocycles. The monoisotopic (exact) mass is 443 g/mol. The lowest BCUT2D eigenvalue weighted by Gasteiger charge is -2.49. The van der Waals surface area contributed by atoms with Gasteiger partial charge in [0.15, 0.2) is 23.2 Å². The van der Waals surface area contributed by atoms with Crippen molar-refractivity contribution in [3.63, 3.8) is 0 Å².